The van der Waals surface area contributed by atoms with Gasteiger partial charge in [-0.25, -0.2) is 0 Å². The molecule has 0 aliphatic heterocycles. The Morgan fingerprint density at radius 3 is 1.00 bits per heavy atom. The van der Waals surface area contributed by atoms with Gasteiger partial charge in [0, 0.05) is 0 Å². The molecule has 58 valence electrons. The number of rotatable bonds is 0. The Labute approximate surface area is 79.7 Å². The molecule has 0 saturated heterocycles. The van der Waals surface area contributed by atoms with Crippen LogP contribution in [-0.4, -0.2) is 69.5 Å². The Morgan fingerprint density at radius 1 is 1.00 bits per heavy atom. The van der Waals surface area contributed by atoms with Gasteiger partial charge in [-0.2, -0.15) is 8.42 Å². The molecule has 0 aromatic rings. The summed E-state index contributed by atoms with van der Waals surface area (Å²) in [6.45, 7) is 0. The zero-order valence-electron chi connectivity index (χ0n) is 4.04. The predicted molar refractivity (Wildman–Crippen MR) is 33.7 cm³/mol. The topological polar surface area (TPSA) is 135 Å². The van der Waals surface area contributed by atoms with Crippen molar-refractivity contribution in [2.45, 2.75) is 0 Å². The van der Waals surface area contributed by atoms with E-state index in [9.17, 15) is 0 Å². The van der Waals surface area contributed by atoms with Crippen molar-refractivity contribution < 1.29 is 32.6 Å². The number of hydrogen-bond donors (Lipinski definition) is 5. The number of hydrogen-bond acceptors (Lipinski definition) is 5. The van der Waals surface area contributed by atoms with Gasteiger partial charge in [0.2, 0.25) is 0 Å². The molecular weight excluding hydrogens is 178 g/mol. The van der Waals surface area contributed by atoms with Crippen molar-refractivity contribution in [3.05, 3.63) is 0 Å². The SMILES string of the molecule is O=S(=O)(O)O.OB(O)O.[NaH]. The Hall–Kier alpha value is 0.815. The molecule has 10 heavy (non-hydrogen) atoms. The van der Waals surface area contributed by atoms with Gasteiger partial charge >= 0.3 is 47.3 Å². The third-order valence-electron chi connectivity index (χ3n) is 0. The summed E-state index contributed by atoms with van der Waals surface area (Å²) in [6, 6.07) is 0. The first-order valence-electron chi connectivity index (χ1n) is 1.47. The van der Waals surface area contributed by atoms with Crippen LogP contribution in [0.25, 0.3) is 0 Å². The molecule has 0 aromatic heterocycles. The molecule has 0 bridgehead atoms. The zero-order chi connectivity index (χ0) is 8.08. The second-order valence-electron chi connectivity index (χ2n) is 0.794. The van der Waals surface area contributed by atoms with Gasteiger partial charge in [-0.15, -0.1) is 0 Å². The fourth-order valence-corrected chi connectivity index (χ4v) is 0. The molecule has 0 aliphatic carbocycles. The Balaban J connectivity index is -0.0000000910. The predicted octanol–water partition coefficient (Wildman–Crippen LogP) is -3.35. The van der Waals surface area contributed by atoms with Crippen molar-refractivity contribution in [2.75, 3.05) is 0 Å². The van der Waals surface area contributed by atoms with Crippen LogP contribution in [0.5, 0.6) is 0 Å². The van der Waals surface area contributed by atoms with E-state index in [0.29, 0.717) is 0 Å². The molecule has 0 unspecified atom stereocenters. The van der Waals surface area contributed by atoms with E-state index < -0.39 is 17.7 Å². The van der Waals surface area contributed by atoms with Gasteiger partial charge in [-0.3, -0.25) is 9.11 Å². The molecule has 0 rings (SSSR count). The maximum absolute atomic E-state index is 8.74. The first-order valence-corrected chi connectivity index (χ1v) is 2.87. The van der Waals surface area contributed by atoms with Crippen molar-refractivity contribution in [3.63, 3.8) is 0 Å². The quantitative estimate of drug-likeness (QED) is 0.196. The summed E-state index contributed by atoms with van der Waals surface area (Å²) < 4.78 is 31.6. The molecule has 0 aliphatic rings. The third kappa shape index (κ3) is 811. The average Bonchev–Trinajstić information content (AvgIpc) is 1.19. The first-order chi connectivity index (χ1) is 3.73. The monoisotopic (exact) mass is 184 g/mol. The molecule has 7 nitrogen and oxygen atoms in total. The van der Waals surface area contributed by atoms with E-state index in [1.807, 2.05) is 0 Å². The van der Waals surface area contributed by atoms with Crippen LogP contribution in [0.15, 0.2) is 0 Å². The summed E-state index contributed by atoms with van der Waals surface area (Å²) >= 11 is 0. The molecule has 10 heteroatoms. The van der Waals surface area contributed by atoms with Gasteiger partial charge < -0.3 is 15.1 Å². The third-order valence-corrected chi connectivity index (χ3v) is 0. The van der Waals surface area contributed by atoms with Crippen LogP contribution in [0.1, 0.15) is 0 Å². The van der Waals surface area contributed by atoms with Crippen molar-refractivity contribution in [3.8, 4) is 0 Å². The summed E-state index contributed by atoms with van der Waals surface area (Å²) in [5, 5.41) is 21.5. The molecule has 0 saturated carbocycles. The summed E-state index contributed by atoms with van der Waals surface area (Å²) in [5.74, 6) is 0. The maximum atomic E-state index is 8.74. The van der Waals surface area contributed by atoms with E-state index in [-0.39, 0.29) is 29.6 Å². The molecule has 0 aromatic carbocycles. The summed E-state index contributed by atoms with van der Waals surface area (Å²) in [5.41, 5.74) is 0. The fourth-order valence-electron chi connectivity index (χ4n) is 0. The standard InChI is InChI=1S/BH3O3.Na.H2O4S.H/c2-1(3)4;;1-5(2,3)4;/h2-4H;;(H2,1,2,3,4);. The van der Waals surface area contributed by atoms with Gasteiger partial charge in [-0.05, 0) is 0 Å². The molecule has 0 fully saturated rings. The summed E-state index contributed by atoms with van der Waals surface area (Å²) in [6.07, 6.45) is 0. The van der Waals surface area contributed by atoms with E-state index >= 15 is 0 Å². The summed E-state index contributed by atoms with van der Waals surface area (Å²) in [7, 11) is -6.83. The zero-order valence-corrected chi connectivity index (χ0v) is 4.85. The molecule has 0 spiro atoms. The Morgan fingerprint density at radius 2 is 1.00 bits per heavy atom. The molecule has 0 amide bonds. The molecule has 0 heterocycles. The van der Waals surface area contributed by atoms with Crippen LogP contribution >= 0.6 is 0 Å². The van der Waals surface area contributed by atoms with Crippen molar-refractivity contribution in [1.82, 2.24) is 0 Å². The van der Waals surface area contributed by atoms with E-state index in [2.05, 4.69) is 0 Å². The van der Waals surface area contributed by atoms with Crippen LogP contribution in [0.2, 0.25) is 0 Å². The van der Waals surface area contributed by atoms with Gasteiger partial charge in [0.15, 0.2) is 0 Å². The molecule has 0 atom stereocenters. The molecular formula is H6BNaO7S. The fraction of sp³-hybridized carbons (Fsp3) is 0. The van der Waals surface area contributed by atoms with E-state index in [1.54, 1.807) is 0 Å². The van der Waals surface area contributed by atoms with E-state index in [0.717, 1.165) is 0 Å². The molecule has 5 N–H and O–H groups in total. The second kappa shape index (κ2) is 7.92. The van der Waals surface area contributed by atoms with Gasteiger partial charge in [0.25, 0.3) is 0 Å². The minimum absolute atomic E-state index is 0. The van der Waals surface area contributed by atoms with E-state index in [4.69, 9.17) is 32.6 Å². The van der Waals surface area contributed by atoms with E-state index in [1.165, 1.54) is 0 Å². The first kappa shape index (κ1) is 17.1. The normalized spacial score (nSPS) is 8.50. The van der Waals surface area contributed by atoms with Crippen LogP contribution in [0.4, 0.5) is 0 Å². The van der Waals surface area contributed by atoms with Crippen LogP contribution < -0.4 is 0 Å². The van der Waals surface area contributed by atoms with Gasteiger partial charge in [0.1, 0.15) is 0 Å². The van der Waals surface area contributed by atoms with Crippen molar-refractivity contribution >= 4 is 47.3 Å². The van der Waals surface area contributed by atoms with Crippen LogP contribution in [0, 0.1) is 0 Å². The van der Waals surface area contributed by atoms with Gasteiger partial charge in [0.05, 0.1) is 0 Å². The van der Waals surface area contributed by atoms with Crippen molar-refractivity contribution in [2.24, 2.45) is 0 Å². The van der Waals surface area contributed by atoms with Crippen LogP contribution in [0.3, 0.4) is 0 Å². The average molecular weight is 184 g/mol. The summed E-state index contributed by atoms with van der Waals surface area (Å²) in [4.78, 5) is 0. The van der Waals surface area contributed by atoms with Crippen molar-refractivity contribution in [1.29, 1.82) is 0 Å². The second-order valence-corrected chi connectivity index (χ2v) is 1.69. The van der Waals surface area contributed by atoms with Crippen LogP contribution in [-0.2, 0) is 10.4 Å². The minimum atomic E-state index is -4.67. The Bertz CT molecular complexity index is 125. The molecule has 0 radical (unpaired) electrons. The Kier molecular flexibility index (Phi) is 13.5. The van der Waals surface area contributed by atoms with Gasteiger partial charge in [-0.1, -0.05) is 0 Å².